The average molecular weight is 391 g/mol. The Hall–Kier alpha value is -1.08. The Morgan fingerprint density at radius 2 is 1.25 bits per heavy atom. The summed E-state index contributed by atoms with van der Waals surface area (Å²) in [5, 5.41) is 3.21. The number of alkyl halides is 3. The lowest BCUT2D eigenvalue weighted by molar-refractivity contribution is -0.137. The lowest BCUT2D eigenvalue weighted by Gasteiger charge is -2.08. The minimum atomic E-state index is -4.27. The van der Waals surface area contributed by atoms with Crippen LogP contribution in [0.25, 0.3) is 0 Å². The van der Waals surface area contributed by atoms with Crippen LogP contribution in [0.4, 0.5) is 13.2 Å². The van der Waals surface area contributed by atoms with E-state index in [4.69, 9.17) is 0 Å². The van der Waals surface area contributed by atoms with Gasteiger partial charge in [-0.05, 0) is 58.0 Å². The summed E-state index contributed by atoms with van der Waals surface area (Å²) >= 11 is 2.24. The summed E-state index contributed by atoms with van der Waals surface area (Å²) in [6, 6.07) is 13.3. The molecule has 0 fully saturated rings. The van der Waals surface area contributed by atoms with Crippen molar-refractivity contribution in [3.63, 3.8) is 0 Å². The molecule has 0 spiro atoms. The van der Waals surface area contributed by atoms with Crippen molar-refractivity contribution < 1.29 is 13.2 Å². The van der Waals surface area contributed by atoms with E-state index >= 15 is 0 Å². The largest absolute Gasteiger partial charge is 0.416 e. The highest BCUT2D eigenvalue weighted by Crippen LogP contribution is 2.29. The summed E-state index contributed by atoms with van der Waals surface area (Å²) < 4.78 is 38.4. The van der Waals surface area contributed by atoms with Crippen molar-refractivity contribution in [2.45, 2.75) is 19.3 Å². The zero-order chi connectivity index (χ0) is 14.6. The van der Waals surface area contributed by atoms with Crippen LogP contribution in [-0.2, 0) is 19.3 Å². The van der Waals surface area contributed by atoms with Gasteiger partial charge in [-0.15, -0.1) is 0 Å². The van der Waals surface area contributed by atoms with Crippen LogP contribution in [0.3, 0.4) is 0 Å². The maximum absolute atomic E-state index is 12.4. The van der Waals surface area contributed by atoms with E-state index in [1.165, 1.54) is 15.7 Å². The molecule has 0 aromatic heterocycles. The van der Waals surface area contributed by atoms with Crippen molar-refractivity contribution in [3.05, 3.63) is 68.8 Å². The van der Waals surface area contributed by atoms with E-state index in [0.717, 1.165) is 23.3 Å². The number of nitrogens with one attached hydrogen (secondary N) is 1. The van der Waals surface area contributed by atoms with Gasteiger partial charge in [0.1, 0.15) is 0 Å². The van der Waals surface area contributed by atoms with Gasteiger partial charge in [0.15, 0.2) is 0 Å². The first-order chi connectivity index (χ1) is 9.45. The summed E-state index contributed by atoms with van der Waals surface area (Å²) in [5.74, 6) is 0. The predicted octanol–water partition coefficient (Wildman–Crippen LogP) is 4.60. The van der Waals surface area contributed by atoms with Crippen LogP contribution in [-0.4, -0.2) is 0 Å². The molecule has 2 rings (SSSR count). The van der Waals surface area contributed by atoms with E-state index < -0.39 is 11.7 Å². The Balaban J connectivity index is 1.87. The van der Waals surface area contributed by atoms with Gasteiger partial charge in [-0.3, -0.25) is 0 Å². The van der Waals surface area contributed by atoms with E-state index in [-0.39, 0.29) is 0 Å². The average Bonchev–Trinajstić information content (AvgIpc) is 2.41. The predicted molar refractivity (Wildman–Crippen MR) is 81.1 cm³/mol. The van der Waals surface area contributed by atoms with Gasteiger partial charge in [0, 0.05) is 16.7 Å². The van der Waals surface area contributed by atoms with E-state index in [9.17, 15) is 13.2 Å². The summed E-state index contributed by atoms with van der Waals surface area (Å²) in [6.45, 7) is 1.24. The van der Waals surface area contributed by atoms with Gasteiger partial charge in [-0.2, -0.15) is 13.2 Å². The molecule has 20 heavy (non-hydrogen) atoms. The van der Waals surface area contributed by atoms with Crippen molar-refractivity contribution in [1.29, 1.82) is 0 Å². The molecule has 2 aromatic carbocycles. The van der Waals surface area contributed by atoms with Gasteiger partial charge in [-0.25, -0.2) is 0 Å². The molecule has 0 aliphatic rings. The highest BCUT2D eigenvalue weighted by Gasteiger charge is 2.29. The molecule has 0 radical (unpaired) electrons. The maximum Gasteiger partial charge on any atom is 0.416 e. The van der Waals surface area contributed by atoms with E-state index in [1.807, 2.05) is 24.3 Å². The molecule has 0 aliphatic heterocycles. The second-order valence-electron chi connectivity index (χ2n) is 4.42. The first-order valence-corrected chi connectivity index (χ1v) is 7.14. The highest BCUT2D eigenvalue weighted by molar-refractivity contribution is 14.1. The van der Waals surface area contributed by atoms with Gasteiger partial charge >= 0.3 is 6.18 Å². The highest BCUT2D eigenvalue weighted by atomic mass is 127. The van der Waals surface area contributed by atoms with Crippen LogP contribution in [0.1, 0.15) is 16.7 Å². The first kappa shape index (κ1) is 15.3. The van der Waals surface area contributed by atoms with Gasteiger partial charge in [0.25, 0.3) is 0 Å². The fourth-order valence-electron chi connectivity index (χ4n) is 1.77. The molecule has 106 valence electrons. The van der Waals surface area contributed by atoms with Gasteiger partial charge in [0.2, 0.25) is 0 Å². The van der Waals surface area contributed by atoms with Crippen LogP contribution < -0.4 is 5.32 Å². The quantitative estimate of drug-likeness (QED) is 0.752. The zero-order valence-corrected chi connectivity index (χ0v) is 12.7. The molecule has 1 nitrogen and oxygen atoms in total. The second kappa shape index (κ2) is 6.58. The summed E-state index contributed by atoms with van der Waals surface area (Å²) in [6.07, 6.45) is -4.27. The molecule has 2 aromatic rings. The SMILES string of the molecule is FC(F)(F)c1ccc(CNCc2ccc(I)cc2)cc1. The molecule has 0 amide bonds. The standard InChI is InChI=1S/C15H13F3IN/c16-15(17,18)13-5-1-11(2-6-13)9-20-10-12-3-7-14(19)8-4-12/h1-8,20H,9-10H2. The molecule has 0 saturated heterocycles. The van der Waals surface area contributed by atoms with Crippen molar-refractivity contribution in [2.24, 2.45) is 0 Å². The Morgan fingerprint density at radius 1 is 0.800 bits per heavy atom. The summed E-state index contributed by atoms with van der Waals surface area (Å²) in [4.78, 5) is 0. The third-order valence-electron chi connectivity index (χ3n) is 2.85. The Labute approximate surface area is 129 Å². The van der Waals surface area contributed by atoms with Crippen molar-refractivity contribution in [1.82, 2.24) is 5.32 Å². The minimum absolute atomic E-state index is 0.546. The van der Waals surface area contributed by atoms with E-state index in [1.54, 1.807) is 0 Å². The third-order valence-corrected chi connectivity index (χ3v) is 3.57. The molecule has 0 atom stereocenters. The normalized spacial score (nSPS) is 11.6. The Kier molecular flexibility index (Phi) is 5.04. The van der Waals surface area contributed by atoms with Crippen LogP contribution in [0.15, 0.2) is 48.5 Å². The van der Waals surface area contributed by atoms with Crippen LogP contribution in [0.2, 0.25) is 0 Å². The van der Waals surface area contributed by atoms with Gasteiger partial charge in [0.05, 0.1) is 5.56 Å². The fraction of sp³-hybridized carbons (Fsp3) is 0.200. The monoisotopic (exact) mass is 391 g/mol. The Morgan fingerprint density at radius 3 is 1.70 bits per heavy atom. The lowest BCUT2D eigenvalue weighted by atomic mass is 10.1. The maximum atomic E-state index is 12.4. The second-order valence-corrected chi connectivity index (χ2v) is 5.67. The lowest BCUT2D eigenvalue weighted by Crippen LogP contribution is -2.13. The van der Waals surface area contributed by atoms with E-state index in [2.05, 4.69) is 27.9 Å². The molecule has 0 bridgehead atoms. The molecule has 0 saturated carbocycles. The zero-order valence-electron chi connectivity index (χ0n) is 10.5. The molecule has 1 N–H and O–H groups in total. The molecular weight excluding hydrogens is 378 g/mol. The molecule has 5 heteroatoms. The van der Waals surface area contributed by atoms with Crippen molar-refractivity contribution in [3.8, 4) is 0 Å². The van der Waals surface area contributed by atoms with Crippen LogP contribution in [0.5, 0.6) is 0 Å². The number of benzene rings is 2. The molecule has 0 aliphatic carbocycles. The van der Waals surface area contributed by atoms with Gasteiger partial charge < -0.3 is 5.32 Å². The van der Waals surface area contributed by atoms with Crippen molar-refractivity contribution >= 4 is 22.6 Å². The molecular formula is C15H13F3IN. The smallest absolute Gasteiger partial charge is 0.309 e. The Bertz CT molecular complexity index is 547. The number of rotatable bonds is 4. The van der Waals surface area contributed by atoms with Crippen LogP contribution in [0, 0.1) is 3.57 Å². The third kappa shape index (κ3) is 4.49. The summed E-state index contributed by atoms with van der Waals surface area (Å²) in [7, 11) is 0. The molecule has 0 heterocycles. The van der Waals surface area contributed by atoms with Crippen LogP contribution >= 0.6 is 22.6 Å². The first-order valence-electron chi connectivity index (χ1n) is 6.06. The summed E-state index contributed by atoms with van der Waals surface area (Å²) in [5.41, 5.74) is 1.37. The topological polar surface area (TPSA) is 12.0 Å². The molecule has 0 unspecified atom stereocenters. The number of hydrogen-bond donors (Lipinski definition) is 1. The minimum Gasteiger partial charge on any atom is -0.309 e. The van der Waals surface area contributed by atoms with Crippen molar-refractivity contribution in [2.75, 3.05) is 0 Å². The fourth-order valence-corrected chi connectivity index (χ4v) is 2.12. The number of halogens is 4. The number of hydrogen-bond acceptors (Lipinski definition) is 1. The van der Waals surface area contributed by atoms with E-state index in [0.29, 0.717) is 13.1 Å². The van der Waals surface area contributed by atoms with Gasteiger partial charge in [-0.1, -0.05) is 24.3 Å².